The molecule has 0 spiro atoms. The third-order valence-electron chi connectivity index (χ3n) is 1.86. The van der Waals surface area contributed by atoms with Gasteiger partial charge >= 0.3 is 0 Å². The van der Waals surface area contributed by atoms with Crippen molar-refractivity contribution in [1.29, 1.82) is 0 Å². The lowest BCUT2D eigenvalue weighted by Crippen LogP contribution is -1.91. The molecule has 0 aliphatic heterocycles. The number of hydrogen-bond donors (Lipinski definition) is 0. The summed E-state index contributed by atoms with van der Waals surface area (Å²) in [6, 6.07) is 7.84. The summed E-state index contributed by atoms with van der Waals surface area (Å²) in [5.74, 6) is 0. The fraction of sp³-hybridized carbons (Fsp3) is 0.333. The third kappa shape index (κ3) is 1.77. The molecule has 0 amide bonds. The number of nitrogens with zero attached hydrogens (tertiary/aromatic N) is 3. The van der Waals surface area contributed by atoms with Gasteiger partial charge in [0.15, 0.2) is 0 Å². The zero-order valence-electron chi connectivity index (χ0n) is 7.23. The molecule has 1 rings (SSSR count). The van der Waals surface area contributed by atoms with Crippen molar-refractivity contribution in [3.8, 4) is 0 Å². The molecule has 0 aliphatic rings. The van der Waals surface area contributed by atoms with Gasteiger partial charge in [-0.25, -0.2) is 0 Å². The van der Waals surface area contributed by atoms with Crippen LogP contribution in [-0.4, -0.2) is 0 Å². The summed E-state index contributed by atoms with van der Waals surface area (Å²) in [5, 5.41) is 3.64. The second-order valence-electron chi connectivity index (χ2n) is 2.74. The minimum atomic E-state index is -0.0730. The first kappa shape index (κ1) is 8.62. The summed E-state index contributed by atoms with van der Waals surface area (Å²) in [6.07, 6.45) is 0. The van der Waals surface area contributed by atoms with E-state index >= 15 is 0 Å². The SMILES string of the molecule is Cc1ccccc1C(C)N=[N+]=[N-]. The summed E-state index contributed by atoms with van der Waals surface area (Å²) < 4.78 is 0. The highest BCUT2D eigenvalue weighted by atomic mass is 15.1. The van der Waals surface area contributed by atoms with Gasteiger partial charge in [-0.05, 0) is 23.6 Å². The first-order chi connectivity index (χ1) is 5.75. The standard InChI is InChI=1S/C9H11N3/c1-7-5-3-4-6-9(7)8(2)11-12-10/h3-6,8H,1-2H3. The summed E-state index contributed by atoms with van der Waals surface area (Å²) >= 11 is 0. The average molecular weight is 161 g/mol. The Morgan fingerprint density at radius 3 is 2.67 bits per heavy atom. The number of hydrogen-bond acceptors (Lipinski definition) is 1. The van der Waals surface area contributed by atoms with Gasteiger partial charge in [0.05, 0.1) is 6.04 Å². The van der Waals surface area contributed by atoms with E-state index in [2.05, 4.69) is 10.0 Å². The normalized spacial score (nSPS) is 11.8. The molecular formula is C9H11N3. The van der Waals surface area contributed by atoms with Crippen LogP contribution < -0.4 is 0 Å². The van der Waals surface area contributed by atoms with Crippen LogP contribution >= 0.6 is 0 Å². The summed E-state index contributed by atoms with van der Waals surface area (Å²) in [6.45, 7) is 3.90. The smallest absolute Gasteiger partial charge is 0.0599 e. The Morgan fingerprint density at radius 1 is 1.42 bits per heavy atom. The van der Waals surface area contributed by atoms with Crippen LogP contribution in [0.25, 0.3) is 10.4 Å². The van der Waals surface area contributed by atoms with Gasteiger partial charge in [-0.2, -0.15) is 0 Å². The lowest BCUT2D eigenvalue weighted by atomic mass is 10.0. The summed E-state index contributed by atoms with van der Waals surface area (Å²) in [4.78, 5) is 2.78. The van der Waals surface area contributed by atoms with Crippen LogP contribution in [0.15, 0.2) is 29.4 Å². The monoisotopic (exact) mass is 161 g/mol. The van der Waals surface area contributed by atoms with E-state index in [9.17, 15) is 0 Å². The van der Waals surface area contributed by atoms with Crippen LogP contribution in [0, 0.1) is 6.92 Å². The number of azide groups is 1. The molecular weight excluding hydrogens is 150 g/mol. The summed E-state index contributed by atoms with van der Waals surface area (Å²) in [7, 11) is 0. The maximum Gasteiger partial charge on any atom is 0.0599 e. The van der Waals surface area contributed by atoms with Crippen molar-refractivity contribution in [2.45, 2.75) is 19.9 Å². The molecule has 62 valence electrons. The van der Waals surface area contributed by atoms with Crippen LogP contribution in [-0.2, 0) is 0 Å². The van der Waals surface area contributed by atoms with Gasteiger partial charge in [0.25, 0.3) is 0 Å². The van der Waals surface area contributed by atoms with E-state index in [1.165, 1.54) is 0 Å². The van der Waals surface area contributed by atoms with Crippen LogP contribution in [0.2, 0.25) is 0 Å². The Kier molecular flexibility index (Phi) is 2.72. The fourth-order valence-corrected chi connectivity index (χ4v) is 1.20. The number of rotatable bonds is 2. The molecule has 0 aliphatic carbocycles. The average Bonchev–Trinajstić information content (AvgIpc) is 2.05. The lowest BCUT2D eigenvalue weighted by Gasteiger charge is -2.07. The van der Waals surface area contributed by atoms with Crippen LogP contribution in [0.3, 0.4) is 0 Å². The van der Waals surface area contributed by atoms with Crippen LogP contribution in [0.5, 0.6) is 0 Å². The predicted molar refractivity (Wildman–Crippen MR) is 48.7 cm³/mol. The first-order valence-electron chi connectivity index (χ1n) is 3.85. The molecule has 0 radical (unpaired) electrons. The molecule has 1 unspecified atom stereocenters. The van der Waals surface area contributed by atoms with E-state index in [0.29, 0.717) is 0 Å². The number of benzene rings is 1. The van der Waals surface area contributed by atoms with Gasteiger partial charge < -0.3 is 0 Å². The van der Waals surface area contributed by atoms with Crippen molar-refractivity contribution in [2.75, 3.05) is 0 Å². The van der Waals surface area contributed by atoms with E-state index in [1.54, 1.807) is 0 Å². The van der Waals surface area contributed by atoms with Crippen LogP contribution in [0.1, 0.15) is 24.1 Å². The Morgan fingerprint density at radius 2 is 2.08 bits per heavy atom. The largest absolute Gasteiger partial charge is 0.0862 e. The Bertz CT molecular complexity index is 313. The molecule has 3 nitrogen and oxygen atoms in total. The zero-order chi connectivity index (χ0) is 8.97. The Balaban J connectivity index is 3.02. The fourth-order valence-electron chi connectivity index (χ4n) is 1.20. The molecule has 0 N–H and O–H groups in total. The van der Waals surface area contributed by atoms with Gasteiger partial charge in [0, 0.05) is 4.91 Å². The second kappa shape index (κ2) is 3.79. The zero-order valence-corrected chi connectivity index (χ0v) is 7.23. The van der Waals surface area contributed by atoms with Gasteiger partial charge in [-0.3, -0.25) is 0 Å². The molecule has 1 aromatic rings. The Hall–Kier alpha value is -1.47. The second-order valence-corrected chi connectivity index (χ2v) is 2.74. The molecule has 0 bridgehead atoms. The molecule has 0 heterocycles. The molecule has 1 aromatic carbocycles. The molecule has 12 heavy (non-hydrogen) atoms. The highest BCUT2D eigenvalue weighted by Crippen LogP contribution is 2.19. The van der Waals surface area contributed by atoms with Gasteiger partial charge in [-0.1, -0.05) is 36.3 Å². The maximum absolute atomic E-state index is 8.25. The summed E-state index contributed by atoms with van der Waals surface area (Å²) in [5.41, 5.74) is 10.5. The third-order valence-corrected chi connectivity index (χ3v) is 1.86. The molecule has 3 heteroatoms. The minimum Gasteiger partial charge on any atom is -0.0862 e. The van der Waals surface area contributed by atoms with E-state index in [0.717, 1.165) is 11.1 Å². The van der Waals surface area contributed by atoms with Crippen molar-refractivity contribution in [2.24, 2.45) is 5.11 Å². The Labute approximate surface area is 71.7 Å². The van der Waals surface area contributed by atoms with Crippen molar-refractivity contribution < 1.29 is 0 Å². The van der Waals surface area contributed by atoms with Crippen LogP contribution in [0.4, 0.5) is 0 Å². The quantitative estimate of drug-likeness (QED) is 0.363. The molecule has 0 saturated carbocycles. The van der Waals surface area contributed by atoms with E-state index in [-0.39, 0.29) is 6.04 Å². The van der Waals surface area contributed by atoms with Gasteiger partial charge in [0.1, 0.15) is 0 Å². The first-order valence-corrected chi connectivity index (χ1v) is 3.85. The topological polar surface area (TPSA) is 48.8 Å². The van der Waals surface area contributed by atoms with Crippen molar-refractivity contribution in [3.05, 3.63) is 45.8 Å². The van der Waals surface area contributed by atoms with E-state index in [1.807, 2.05) is 38.1 Å². The van der Waals surface area contributed by atoms with Crippen molar-refractivity contribution in [1.82, 2.24) is 0 Å². The number of aryl methyl sites for hydroxylation is 1. The van der Waals surface area contributed by atoms with Crippen molar-refractivity contribution >= 4 is 0 Å². The molecule has 0 saturated heterocycles. The predicted octanol–water partition coefficient (Wildman–Crippen LogP) is 3.37. The highest BCUT2D eigenvalue weighted by molar-refractivity contribution is 5.28. The molecule has 1 atom stereocenters. The van der Waals surface area contributed by atoms with E-state index in [4.69, 9.17) is 5.53 Å². The van der Waals surface area contributed by atoms with Gasteiger partial charge in [0.2, 0.25) is 0 Å². The molecule has 0 fully saturated rings. The van der Waals surface area contributed by atoms with E-state index < -0.39 is 0 Å². The molecule has 0 aromatic heterocycles. The highest BCUT2D eigenvalue weighted by Gasteiger charge is 2.03. The van der Waals surface area contributed by atoms with Gasteiger partial charge in [-0.15, -0.1) is 0 Å². The maximum atomic E-state index is 8.25. The minimum absolute atomic E-state index is 0.0730. The lowest BCUT2D eigenvalue weighted by molar-refractivity contribution is 0.800. The van der Waals surface area contributed by atoms with Crippen molar-refractivity contribution in [3.63, 3.8) is 0 Å².